The lowest BCUT2D eigenvalue weighted by atomic mass is 9.77. The zero-order chi connectivity index (χ0) is 10.7. The Bertz CT molecular complexity index is 220. The zero-order valence-corrected chi connectivity index (χ0v) is 9.14. The van der Waals surface area contributed by atoms with Crippen molar-refractivity contribution in [2.45, 2.75) is 45.1 Å². The molecule has 2 N–H and O–H groups in total. The maximum absolute atomic E-state index is 9.20. The van der Waals surface area contributed by atoms with Crippen molar-refractivity contribution < 1.29 is 5.11 Å². The highest BCUT2D eigenvalue weighted by atomic mass is 16.3. The summed E-state index contributed by atoms with van der Waals surface area (Å²) in [5, 5.41) is 21.4. The number of hydrogen-bond acceptors (Lipinski definition) is 3. The molecule has 1 aliphatic rings. The van der Waals surface area contributed by atoms with E-state index in [0.717, 1.165) is 25.8 Å². The Morgan fingerprint density at radius 2 is 2.14 bits per heavy atom. The van der Waals surface area contributed by atoms with Crippen LogP contribution in [0.3, 0.4) is 0 Å². The number of aliphatic hydroxyl groups is 1. The maximum Gasteiger partial charge on any atom is 0.0684 e. The van der Waals surface area contributed by atoms with Gasteiger partial charge in [-0.2, -0.15) is 5.26 Å². The van der Waals surface area contributed by atoms with Gasteiger partial charge in [0.15, 0.2) is 0 Å². The molecule has 0 unspecified atom stereocenters. The van der Waals surface area contributed by atoms with Gasteiger partial charge >= 0.3 is 0 Å². The minimum Gasteiger partial charge on any atom is -0.394 e. The summed E-state index contributed by atoms with van der Waals surface area (Å²) in [5.74, 6) is 0. The standard InChI is InChI=1S/C11H20N2O/c1-10(2,8-12)6-7-13-11(9-14)4-3-5-11/h13-14H,3-7,9H2,1-2H3. The Balaban J connectivity index is 2.24. The molecule has 0 radical (unpaired) electrons. The van der Waals surface area contributed by atoms with Crippen LogP contribution in [0.5, 0.6) is 0 Å². The fourth-order valence-corrected chi connectivity index (χ4v) is 1.69. The molecular formula is C11H20N2O. The molecule has 0 heterocycles. The van der Waals surface area contributed by atoms with E-state index in [1.165, 1.54) is 6.42 Å². The molecule has 1 aliphatic carbocycles. The van der Waals surface area contributed by atoms with Crippen LogP contribution in [-0.2, 0) is 0 Å². The summed E-state index contributed by atoms with van der Waals surface area (Å²) in [4.78, 5) is 0. The molecule has 3 heteroatoms. The first kappa shape index (κ1) is 11.5. The van der Waals surface area contributed by atoms with Gasteiger partial charge in [-0.15, -0.1) is 0 Å². The number of hydrogen-bond donors (Lipinski definition) is 2. The van der Waals surface area contributed by atoms with Crippen molar-refractivity contribution in [3.63, 3.8) is 0 Å². The lowest BCUT2D eigenvalue weighted by Crippen LogP contribution is -2.54. The van der Waals surface area contributed by atoms with Crippen molar-refractivity contribution >= 4 is 0 Å². The van der Waals surface area contributed by atoms with Crippen LogP contribution in [-0.4, -0.2) is 23.8 Å². The molecule has 0 bridgehead atoms. The number of aliphatic hydroxyl groups excluding tert-OH is 1. The minimum atomic E-state index is -0.257. The summed E-state index contributed by atoms with van der Waals surface area (Å²) in [7, 11) is 0. The molecule has 0 amide bonds. The monoisotopic (exact) mass is 196 g/mol. The summed E-state index contributed by atoms with van der Waals surface area (Å²) in [6, 6.07) is 2.28. The SMILES string of the molecule is CC(C)(C#N)CCNC1(CO)CCC1. The van der Waals surface area contributed by atoms with E-state index in [-0.39, 0.29) is 17.6 Å². The molecule has 0 saturated heterocycles. The highest BCUT2D eigenvalue weighted by Gasteiger charge is 2.35. The molecule has 80 valence electrons. The second-order valence-corrected chi connectivity index (χ2v) is 4.96. The molecule has 3 nitrogen and oxygen atoms in total. The third kappa shape index (κ3) is 2.70. The fourth-order valence-electron chi connectivity index (χ4n) is 1.69. The largest absolute Gasteiger partial charge is 0.394 e. The van der Waals surface area contributed by atoms with E-state index in [2.05, 4.69) is 11.4 Å². The highest BCUT2D eigenvalue weighted by molar-refractivity contribution is 4.97. The molecule has 0 aromatic carbocycles. The van der Waals surface area contributed by atoms with Crippen LogP contribution >= 0.6 is 0 Å². The van der Waals surface area contributed by atoms with Gasteiger partial charge in [0.25, 0.3) is 0 Å². The molecule has 0 aromatic rings. The number of nitrogens with one attached hydrogen (secondary N) is 1. The quantitative estimate of drug-likeness (QED) is 0.699. The summed E-state index contributed by atoms with van der Waals surface area (Å²) >= 11 is 0. The van der Waals surface area contributed by atoms with Gasteiger partial charge in [-0.3, -0.25) is 0 Å². The zero-order valence-electron chi connectivity index (χ0n) is 9.14. The molecule has 0 aromatic heterocycles. The van der Waals surface area contributed by atoms with Crippen molar-refractivity contribution in [2.75, 3.05) is 13.2 Å². The molecular weight excluding hydrogens is 176 g/mol. The van der Waals surface area contributed by atoms with Gasteiger partial charge in [-0.25, -0.2) is 0 Å². The van der Waals surface area contributed by atoms with Crippen molar-refractivity contribution in [2.24, 2.45) is 5.41 Å². The van der Waals surface area contributed by atoms with Crippen LogP contribution in [0.1, 0.15) is 39.5 Å². The van der Waals surface area contributed by atoms with Crippen LogP contribution < -0.4 is 5.32 Å². The molecule has 1 fully saturated rings. The number of nitrogens with zero attached hydrogens (tertiary/aromatic N) is 1. The predicted octanol–water partition coefficient (Wildman–Crippen LogP) is 1.43. The third-order valence-electron chi connectivity index (χ3n) is 3.17. The fraction of sp³-hybridized carbons (Fsp3) is 0.909. The van der Waals surface area contributed by atoms with Crippen LogP contribution in [0.4, 0.5) is 0 Å². The van der Waals surface area contributed by atoms with Crippen molar-refractivity contribution in [3.8, 4) is 6.07 Å². The van der Waals surface area contributed by atoms with Gasteiger partial charge in [0.1, 0.15) is 0 Å². The Kier molecular flexibility index (Phi) is 3.52. The minimum absolute atomic E-state index is 0.0223. The molecule has 1 rings (SSSR count). The second-order valence-electron chi connectivity index (χ2n) is 4.96. The predicted molar refractivity (Wildman–Crippen MR) is 55.7 cm³/mol. The second kappa shape index (κ2) is 4.29. The summed E-state index contributed by atoms with van der Waals surface area (Å²) in [6.45, 7) is 4.93. The van der Waals surface area contributed by atoms with Gasteiger partial charge in [0, 0.05) is 5.54 Å². The first-order chi connectivity index (χ1) is 6.54. The number of nitriles is 1. The summed E-state index contributed by atoms with van der Waals surface area (Å²) in [6.07, 6.45) is 4.17. The molecule has 0 atom stereocenters. The Morgan fingerprint density at radius 3 is 2.50 bits per heavy atom. The van der Waals surface area contributed by atoms with Gasteiger partial charge in [0.2, 0.25) is 0 Å². The van der Waals surface area contributed by atoms with Crippen LogP contribution in [0.25, 0.3) is 0 Å². The number of rotatable bonds is 5. The Hall–Kier alpha value is -0.590. The van der Waals surface area contributed by atoms with Gasteiger partial charge < -0.3 is 10.4 Å². The maximum atomic E-state index is 9.20. The Morgan fingerprint density at radius 1 is 1.50 bits per heavy atom. The van der Waals surface area contributed by atoms with Crippen LogP contribution in [0.2, 0.25) is 0 Å². The highest BCUT2D eigenvalue weighted by Crippen LogP contribution is 2.31. The van der Waals surface area contributed by atoms with E-state index >= 15 is 0 Å². The van der Waals surface area contributed by atoms with E-state index in [1.807, 2.05) is 13.8 Å². The van der Waals surface area contributed by atoms with E-state index in [4.69, 9.17) is 5.26 Å². The normalized spacial score (nSPS) is 19.9. The topological polar surface area (TPSA) is 56.0 Å². The van der Waals surface area contributed by atoms with Crippen molar-refractivity contribution in [1.82, 2.24) is 5.32 Å². The first-order valence-corrected chi connectivity index (χ1v) is 5.31. The third-order valence-corrected chi connectivity index (χ3v) is 3.17. The molecule has 1 saturated carbocycles. The van der Waals surface area contributed by atoms with E-state index < -0.39 is 0 Å². The van der Waals surface area contributed by atoms with Gasteiger partial charge in [-0.1, -0.05) is 0 Å². The van der Waals surface area contributed by atoms with Crippen molar-refractivity contribution in [3.05, 3.63) is 0 Å². The average molecular weight is 196 g/mol. The Labute approximate surface area is 86.1 Å². The molecule has 0 aliphatic heterocycles. The first-order valence-electron chi connectivity index (χ1n) is 5.31. The van der Waals surface area contributed by atoms with Crippen LogP contribution in [0.15, 0.2) is 0 Å². The summed E-state index contributed by atoms with van der Waals surface area (Å²) in [5.41, 5.74) is -0.279. The smallest absolute Gasteiger partial charge is 0.0684 e. The average Bonchev–Trinajstić information content (AvgIpc) is 2.10. The van der Waals surface area contributed by atoms with Gasteiger partial charge in [-0.05, 0) is 46.1 Å². The van der Waals surface area contributed by atoms with E-state index in [9.17, 15) is 5.11 Å². The van der Waals surface area contributed by atoms with Crippen molar-refractivity contribution in [1.29, 1.82) is 5.26 Å². The van der Waals surface area contributed by atoms with E-state index in [0.29, 0.717) is 0 Å². The molecule has 0 spiro atoms. The van der Waals surface area contributed by atoms with E-state index in [1.54, 1.807) is 0 Å². The lowest BCUT2D eigenvalue weighted by molar-refractivity contribution is 0.0868. The molecule has 14 heavy (non-hydrogen) atoms. The van der Waals surface area contributed by atoms with Crippen LogP contribution in [0, 0.1) is 16.7 Å². The lowest BCUT2D eigenvalue weighted by Gasteiger charge is -2.41. The van der Waals surface area contributed by atoms with Gasteiger partial charge in [0.05, 0.1) is 18.1 Å². The summed E-state index contributed by atoms with van der Waals surface area (Å²) < 4.78 is 0.